The average molecular weight is 449 g/mol. The van der Waals surface area contributed by atoms with Gasteiger partial charge in [-0.15, -0.1) is 12.4 Å². The molecule has 1 aliphatic carbocycles. The lowest BCUT2D eigenvalue weighted by atomic mass is 9.89. The Morgan fingerprint density at radius 2 is 1.93 bits per heavy atom. The molecule has 0 amide bonds. The number of halogens is 1. The zero-order valence-corrected chi connectivity index (χ0v) is 19.9. The Morgan fingerprint density at radius 3 is 2.63 bits per heavy atom. The van der Waals surface area contributed by atoms with Crippen LogP contribution in [-0.4, -0.2) is 39.0 Å². The first kappa shape index (κ1) is 23.0. The molecule has 1 saturated carbocycles. The van der Waals surface area contributed by atoms with Crippen molar-refractivity contribution < 1.29 is 4.74 Å². The largest absolute Gasteiger partial charge is 0.495 e. The van der Waals surface area contributed by atoms with Crippen LogP contribution in [0.5, 0.6) is 5.75 Å². The monoisotopic (exact) mass is 448 g/mol. The SMILES string of the molecule is CCN(CC)Cc1nc(-c2cn(CC3CCCCC3)c3c(OC)cccc23)ns1.Cl. The molecule has 2 heterocycles. The smallest absolute Gasteiger partial charge is 0.175 e. The lowest BCUT2D eigenvalue weighted by molar-refractivity contribution is 0.295. The van der Waals surface area contributed by atoms with Crippen LogP contribution in [0.4, 0.5) is 0 Å². The highest BCUT2D eigenvalue weighted by Gasteiger charge is 2.21. The van der Waals surface area contributed by atoms with Gasteiger partial charge in [0.25, 0.3) is 0 Å². The Labute approximate surface area is 190 Å². The number of fused-ring (bicyclic) bond motifs is 1. The van der Waals surface area contributed by atoms with Crippen LogP contribution < -0.4 is 4.74 Å². The highest BCUT2D eigenvalue weighted by atomic mass is 35.5. The van der Waals surface area contributed by atoms with Gasteiger partial charge in [0.05, 0.1) is 19.2 Å². The summed E-state index contributed by atoms with van der Waals surface area (Å²) in [7, 11) is 1.76. The Bertz CT molecular complexity index is 944. The van der Waals surface area contributed by atoms with E-state index in [1.165, 1.54) is 54.5 Å². The first-order valence-electron chi connectivity index (χ1n) is 10.9. The van der Waals surface area contributed by atoms with Crippen molar-refractivity contribution in [2.45, 2.75) is 59.0 Å². The molecule has 1 aromatic carbocycles. The Morgan fingerprint density at radius 1 is 1.17 bits per heavy atom. The molecular formula is C23H33ClN4OS. The number of hydrogen-bond donors (Lipinski definition) is 0. The van der Waals surface area contributed by atoms with Gasteiger partial charge in [-0.05, 0) is 49.4 Å². The van der Waals surface area contributed by atoms with Crippen LogP contribution in [0.15, 0.2) is 24.4 Å². The Kier molecular flexibility index (Phi) is 8.14. The van der Waals surface area contributed by atoms with Gasteiger partial charge < -0.3 is 9.30 Å². The second kappa shape index (κ2) is 10.6. The fraction of sp³-hybridized carbons (Fsp3) is 0.565. The van der Waals surface area contributed by atoms with Crippen LogP contribution in [0.1, 0.15) is 51.0 Å². The molecule has 7 heteroatoms. The molecule has 30 heavy (non-hydrogen) atoms. The van der Waals surface area contributed by atoms with Crippen LogP contribution in [-0.2, 0) is 13.1 Å². The summed E-state index contributed by atoms with van der Waals surface area (Å²) >= 11 is 1.52. The van der Waals surface area contributed by atoms with E-state index in [-0.39, 0.29) is 12.4 Å². The molecule has 5 nitrogen and oxygen atoms in total. The number of hydrogen-bond acceptors (Lipinski definition) is 5. The van der Waals surface area contributed by atoms with Crippen molar-refractivity contribution in [3.05, 3.63) is 29.4 Å². The van der Waals surface area contributed by atoms with Gasteiger partial charge in [0, 0.05) is 23.7 Å². The van der Waals surface area contributed by atoms with Crippen LogP contribution in [0.25, 0.3) is 22.3 Å². The number of nitrogens with zero attached hydrogens (tertiary/aromatic N) is 4. The normalized spacial score (nSPS) is 14.9. The average Bonchev–Trinajstić information content (AvgIpc) is 3.37. The molecule has 1 fully saturated rings. The fourth-order valence-electron chi connectivity index (χ4n) is 4.53. The van der Waals surface area contributed by atoms with E-state index in [1.807, 2.05) is 0 Å². The van der Waals surface area contributed by atoms with Gasteiger partial charge in [-0.1, -0.05) is 45.2 Å². The number of ether oxygens (including phenoxy) is 1. The predicted molar refractivity (Wildman–Crippen MR) is 128 cm³/mol. The van der Waals surface area contributed by atoms with Crippen molar-refractivity contribution in [1.82, 2.24) is 18.8 Å². The van der Waals surface area contributed by atoms with Crippen molar-refractivity contribution in [3.8, 4) is 17.1 Å². The molecule has 0 spiro atoms. The second-order valence-corrected chi connectivity index (χ2v) is 8.87. The van der Waals surface area contributed by atoms with Crippen LogP contribution in [0.3, 0.4) is 0 Å². The minimum atomic E-state index is 0. The van der Waals surface area contributed by atoms with E-state index in [4.69, 9.17) is 14.1 Å². The van der Waals surface area contributed by atoms with Crippen LogP contribution >= 0.6 is 23.9 Å². The molecule has 0 saturated heterocycles. The van der Waals surface area contributed by atoms with Crippen molar-refractivity contribution in [3.63, 3.8) is 0 Å². The van der Waals surface area contributed by atoms with Gasteiger partial charge in [-0.2, -0.15) is 4.37 Å². The molecular weight excluding hydrogens is 416 g/mol. The number of methoxy groups -OCH3 is 1. The maximum atomic E-state index is 5.73. The highest BCUT2D eigenvalue weighted by Crippen LogP contribution is 2.36. The highest BCUT2D eigenvalue weighted by molar-refractivity contribution is 7.05. The molecule has 3 aromatic rings. The van der Waals surface area contributed by atoms with Gasteiger partial charge in [0.2, 0.25) is 0 Å². The third-order valence-corrected chi connectivity index (χ3v) is 6.92. The summed E-state index contributed by atoms with van der Waals surface area (Å²) in [4.78, 5) is 7.27. The zero-order valence-electron chi connectivity index (χ0n) is 18.3. The molecule has 0 atom stereocenters. The van der Waals surface area contributed by atoms with E-state index in [0.717, 1.165) is 54.2 Å². The maximum Gasteiger partial charge on any atom is 0.175 e. The lowest BCUT2D eigenvalue weighted by Gasteiger charge is -2.22. The topological polar surface area (TPSA) is 43.2 Å². The molecule has 164 valence electrons. The lowest BCUT2D eigenvalue weighted by Crippen LogP contribution is -2.21. The quantitative estimate of drug-likeness (QED) is 0.423. The Hall–Kier alpha value is -1.63. The van der Waals surface area contributed by atoms with Gasteiger partial charge in [0.1, 0.15) is 10.8 Å². The molecule has 0 radical (unpaired) electrons. The second-order valence-electron chi connectivity index (χ2n) is 8.03. The van der Waals surface area contributed by atoms with E-state index in [2.05, 4.69) is 47.7 Å². The maximum absolute atomic E-state index is 5.73. The summed E-state index contributed by atoms with van der Waals surface area (Å²) < 4.78 is 12.8. The molecule has 0 aliphatic heterocycles. The Balaban J connectivity index is 0.00000256. The molecule has 0 N–H and O–H groups in total. The molecule has 0 bridgehead atoms. The molecule has 0 unspecified atom stereocenters. The van der Waals surface area contributed by atoms with Gasteiger partial charge in [-0.3, -0.25) is 4.90 Å². The minimum Gasteiger partial charge on any atom is -0.495 e. The number of para-hydroxylation sites is 1. The number of rotatable bonds is 8. The number of benzene rings is 1. The zero-order chi connectivity index (χ0) is 20.2. The van der Waals surface area contributed by atoms with Crippen molar-refractivity contribution in [1.29, 1.82) is 0 Å². The van der Waals surface area contributed by atoms with E-state index in [9.17, 15) is 0 Å². The van der Waals surface area contributed by atoms with E-state index in [0.29, 0.717) is 0 Å². The first-order chi connectivity index (χ1) is 14.2. The van der Waals surface area contributed by atoms with Crippen LogP contribution in [0.2, 0.25) is 0 Å². The summed E-state index contributed by atoms with van der Waals surface area (Å²) in [5.74, 6) is 2.53. The van der Waals surface area contributed by atoms with Crippen LogP contribution in [0, 0.1) is 5.92 Å². The molecule has 4 rings (SSSR count). The van der Waals surface area contributed by atoms with Crippen molar-refractivity contribution >= 4 is 34.8 Å². The van der Waals surface area contributed by atoms with E-state index >= 15 is 0 Å². The van der Waals surface area contributed by atoms with Gasteiger partial charge >= 0.3 is 0 Å². The summed E-state index contributed by atoms with van der Waals surface area (Å²) in [6.07, 6.45) is 9.01. The summed E-state index contributed by atoms with van der Waals surface area (Å²) in [6, 6.07) is 6.30. The predicted octanol–water partition coefficient (Wildman–Crippen LogP) is 6.01. The minimum absolute atomic E-state index is 0. The van der Waals surface area contributed by atoms with Crippen molar-refractivity contribution in [2.24, 2.45) is 5.92 Å². The third-order valence-electron chi connectivity index (χ3n) is 6.22. The standard InChI is InChI=1S/C23H32N4OS.ClH/c1-4-26(5-2)16-21-24-23(25-29-21)19-15-27(14-17-10-7-6-8-11-17)22-18(19)12-9-13-20(22)28-3;/h9,12-13,15,17H,4-8,10-11,14,16H2,1-3H3;1H. The summed E-state index contributed by atoms with van der Waals surface area (Å²) in [5.41, 5.74) is 2.30. The molecule has 1 aliphatic rings. The summed E-state index contributed by atoms with van der Waals surface area (Å²) in [6.45, 7) is 8.36. The fourth-order valence-corrected chi connectivity index (χ4v) is 5.23. The first-order valence-corrected chi connectivity index (χ1v) is 11.7. The van der Waals surface area contributed by atoms with E-state index < -0.39 is 0 Å². The van der Waals surface area contributed by atoms with Crippen molar-refractivity contribution in [2.75, 3.05) is 20.2 Å². The van der Waals surface area contributed by atoms with Gasteiger partial charge in [-0.25, -0.2) is 4.98 Å². The van der Waals surface area contributed by atoms with Gasteiger partial charge in [0.15, 0.2) is 5.82 Å². The summed E-state index contributed by atoms with van der Waals surface area (Å²) in [5, 5.41) is 2.27. The third kappa shape index (κ3) is 4.82. The van der Waals surface area contributed by atoms with E-state index in [1.54, 1.807) is 7.11 Å². The molecule has 2 aromatic heterocycles. The number of aromatic nitrogens is 3.